The first kappa shape index (κ1) is 22.8. The third-order valence-electron chi connectivity index (χ3n) is 6.02. The van der Waals surface area contributed by atoms with Gasteiger partial charge in [-0.25, -0.2) is 0 Å². The van der Waals surface area contributed by atoms with Crippen LogP contribution in [0.2, 0.25) is 0 Å². The van der Waals surface area contributed by atoms with Crippen LogP contribution in [0.5, 0.6) is 0 Å². The predicted molar refractivity (Wildman–Crippen MR) is 125 cm³/mol. The Labute approximate surface area is 185 Å². The molecule has 0 aliphatic carbocycles. The fourth-order valence-electron chi connectivity index (χ4n) is 4.00. The molecule has 2 aromatic carbocycles. The van der Waals surface area contributed by atoms with E-state index in [0.29, 0.717) is 12.1 Å². The van der Waals surface area contributed by atoms with E-state index in [1.54, 1.807) is 4.90 Å². The molecule has 2 aromatic rings. The second-order valence-corrected chi connectivity index (χ2v) is 9.27. The number of rotatable bonds is 6. The van der Waals surface area contributed by atoms with Gasteiger partial charge in [-0.15, -0.1) is 0 Å². The number of carbonyl (C=O) groups is 2. The van der Waals surface area contributed by atoms with Crippen LogP contribution in [0.15, 0.2) is 54.1 Å². The van der Waals surface area contributed by atoms with Crippen molar-refractivity contribution in [1.82, 2.24) is 4.90 Å². The van der Waals surface area contributed by atoms with Crippen molar-refractivity contribution < 1.29 is 14.7 Å². The van der Waals surface area contributed by atoms with Crippen molar-refractivity contribution in [3.8, 4) is 0 Å². The molecule has 1 heterocycles. The maximum atomic E-state index is 13.0. The van der Waals surface area contributed by atoms with Crippen LogP contribution in [-0.2, 0) is 21.4 Å². The SMILES string of the molecule is CCCCN1C(=O)C(=O)/C(=C(\O)c2ccc(CC)cc2)C1c1ccc(C(C)(C)C)cc1. The van der Waals surface area contributed by atoms with E-state index in [4.69, 9.17) is 0 Å². The van der Waals surface area contributed by atoms with E-state index in [-0.39, 0.29) is 16.7 Å². The summed E-state index contributed by atoms with van der Waals surface area (Å²) in [4.78, 5) is 27.5. The minimum atomic E-state index is -0.613. The van der Waals surface area contributed by atoms with Crippen molar-refractivity contribution in [3.63, 3.8) is 0 Å². The van der Waals surface area contributed by atoms with Gasteiger partial charge in [0.1, 0.15) is 5.76 Å². The standard InChI is InChI=1S/C27H33NO3/c1-6-8-17-28-23(19-13-15-21(16-14-19)27(3,4)5)22(25(30)26(28)31)24(29)20-11-9-18(7-2)10-12-20/h9-16,23,29H,6-8,17H2,1-5H3/b24-22-. The molecule has 0 spiro atoms. The van der Waals surface area contributed by atoms with Gasteiger partial charge in [-0.05, 0) is 34.9 Å². The molecule has 1 atom stereocenters. The average Bonchev–Trinajstić information content (AvgIpc) is 3.01. The molecule has 1 saturated heterocycles. The highest BCUT2D eigenvalue weighted by Gasteiger charge is 2.45. The van der Waals surface area contributed by atoms with Gasteiger partial charge < -0.3 is 10.0 Å². The van der Waals surface area contributed by atoms with Crippen molar-refractivity contribution in [2.24, 2.45) is 0 Å². The molecule has 0 aromatic heterocycles. The maximum Gasteiger partial charge on any atom is 0.295 e. The highest BCUT2D eigenvalue weighted by atomic mass is 16.3. The molecule has 1 unspecified atom stereocenters. The van der Waals surface area contributed by atoms with Crippen molar-refractivity contribution in [1.29, 1.82) is 0 Å². The molecule has 0 radical (unpaired) electrons. The van der Waals surface area contributed by atoms with E-state index in [1.807, 2.05) is 48.5 Å². The summed E-state index contributed by atoms with van der Waals surface area (Å²) in [6.45, 7) is 11.0. The molecule has 1 N–H and O–H groups in total. The van der Waals surface area contributed by atoms with Crippen molar-refractivity contribution >= 4 is 17.4 Å². The zero-order valence-corrected chi connectivity index (χ0v) is 19.2. The van der Waals surface area contributed by atoms with Crippen LogP contribution in [0.1, 0.15) is 75.8 Å². The van der Waals surface area contributed by atoms with Crippen LogP contribution in [0, 0.1) is 0 Å². The third kappa shape index (κ3) is 4.58. The Hall–Kier alpha value is -2.88. The molecule has 1 amide bonds. The Morgan fingerprint density at radius 2 is 1.58 bits per heavy atom. The van der Waals surface area contributed by atoms with E-state index >= 15 is 0 Å². The second-order valence-electron chi connectivity index (χ2n) is 9.27. The molecule has 1 aliphatic rings. The molecule has 164 valence electrons. The number of Topliss-reactive ketones (excluding diaryl/α,β-unsaturated/α-hetero) is 1. The Balaban J connectivity index is 2.12. The zero-order chi connectivity index (χ0) is 22.8. The number of carbonyl (C=O) groups excluding carboxylic acids is 2. The largest absolute Gasteiger partial charge is 0.507 e. The Kier molecular flexibility index (Phi) is 6.68. The van der Waals surface area contributed by atoms with Crippen LogP contribution in [0.4, 0.5) is 0 Å². The van der Waals surface area contributed by atoms with E-state index in [9.17, 15) is 14.7 Å². The van der Waals surface area contributed by atoms with Gasteiger partial charge in [0.25, 0.3) is 11.7 Å². The average molecular weight is 420 g/mol. The Morgan fingerprint density at radius 1 is 0.968 bits per heavy atom. The lowest BCUT2D eigenvalue weighted by molar-refractivity contribution is -0.139. The number of unbranched alkanes of at least 4 members (excludes halogenated alkanes) is 1. The summed E-state index contributed by atoms with van der Waals surface area (Å²) in [5, 5.41) is 11.1. The molecular weight excluding hydrogens is 386 g/mol. The number of hydrogen-bond acceptors (Lipinski definition) is 3. The quantitative estimate of drug-likeness (QED) is 0.367. The number of amides is 1. The zero-order valence-electron chi connectivity index (χ0n) is 19.2. The molecular formula is C27H33NO3. The summed E-state index contributed by atoms with van der Waals surface area (Å²) in [5.74, 6) is -1.26. The Morgan fingerprint density at radius 3 is 2.10 bits per heavy atom. The third-order valence-corrected chi connectivity index (χ3v) is 6.02. The highest BCUT2D eigenvalue weighted by molar-refractivity contribution is 6.46. The molecule has 3 rings (SSSR count). The maximum absolute atomic E-state index is 13.0. The summed E-state index contributed by atoms with van der Waals surface area (Å²) in [7, 11) is 0. The monoisotopic (exact) mass is 419 g/mol. The highest BCUT2D eigenvalue weighted by Crippen LogP contribution is 2.40. The van der Waals surface area contributed by atoms with Gasteiger partial charge in [-0.2, -0.15) is 0 Å². The lowest BCUT2D eigenvalue weighted by Crippen LogP contribution is -2.30. The minimum Gasteiger partial charge on any atom is -0.507 e. The number of likely N-dealkylation sites (tertiary alicyclic amines) is 1. The summed E-state index contributed by atoms with van der Waals surface area (Å²) in [6.07, 6.45) is 2.61. The molecule has 0 bridgehead atoms. The number of aliphatic hydroxyl groups excluding tert-OH is 1. The summed E-state index contributed by atoms with van der Waals surface area (Å²) in [6, 6.07) is 15.0. The van der Waals surface area contributed by atoms with Crippen LogP contribution >= 0.6 is 0 Å². The van der Waals surface area contributed by atoms with Gasteiger partial charge in [-0.3, -0.25) is 9.59 Å². The number of ketones is 1. The lowest BCUT2D eigenvalue weighted by Gasteiger charge is -2.26. The number of hydrogen-bond donors (Lipinski definition) is 1. The van der Waals surface area contributed by atoms with Crippen LogP contribution < -0.4 is 0 Å². The number of aliphatic hydroxyl groups is 1. The van der Waals surface area contributed by atoms with E-state index in [1.165, 1.54) is 5.56 Å². The van der Waals surface area contributed by atoms with E-state index in [2.05, 4.69) is 34.6 Å². The fraction of sp³-hybridized carbons (Fsp3) is 0.407. The topological polar surface area (TPSA) is 57.6 Å². The van der Waals surface area contributed by atoms with Crippen LogP contribution in [0.3, 0.4) is 0 Å². The Bertz CT molecular complexity index is 979. The van der Waals surface area contributed by atoms with Crippen molar-refractivity contribution in [2.45, 2.75) is 65.3 Å². The normalized spacial score (nSPS) is 18.6. The summed E-state index contributed by atoms with van der Waals surface area (Å²) in [5.41, 5.74) is 3.90. The number of nitrogens with zero attached hydrogens (tertiary/aromatic N) is 1. The molecule has 4 nitrogen and oxygen atoms in total. The van der Waals surface area contributed by atoms with Crippen molar-refractivity contribution in [3.05, 3.63) is 76.4 Å². The molecule has 1 aliphatic heterocycles. The minimum absolute atomic E-state index is 0.00355. The van der Waals surface area contributed by atoms with Crippen molar-refractivity contribution in [2.75, 3.05) is 6.54 Å². The first-order valence-electron chi connectivity index (χ1n) is 11.2. The van der Waals surface area contributed by atoms with Gasteiger partial charge in [0, 0.05) is 12.1 Å². The van der Waals surface area contributed by atoms with Gasteiger partial charge in [0.05, 0.1) is 11.6 Å². The lowest BCUT2D eigenvalue weighted by atomic mass is 9.85. The predicted octanol–water partition coefficient (Wildman–Crippen LogP) is 5.77. The molecule has 4 heteroatoms. The fourth-order valence-corrected chi connectivity index (χ4v) is 4.00. The first-order chi connectivity index (χ1) is 14.7. The van der Waals surface area contributed by atoms with E-state index < -0.39 is 17.7 Å². The van der Waals surface area contributed by atoms with Gasteiger partial charge in [0.2, 0.25) is 0 Å². The van der Waals surface area contributed by atoms with Crippen LogP contribution in [-0.4, -0.2) is 28.2 Å². The molecule has 31 heavy (non-hydrogen) atoms. The van der Waals surface area contributed by atoms with E-state index in [0.717, 1.165) is 30.4 Å². The molecule has 1 fully saturated rings. The summed E-state index contributed by atoms with van der Waals surface area (Å²) < 4.78 is 0. The van der Waals surface area contributed by atoms with Gasteiger partial charge in [0.15, 0.2) is 0 Å². The number of aryl methyl sites for hydroxylation is 1. The van der Waals surface area contributed by atoms with Gasteiger partial charge in [-0.1, -0.05) is 89.6 Å². The second kappa shape index (κ2) is 9.09. The van der Waals surface area contributed by atoms with Crippen LogP contribution in [0.25, 0.3) is 5.76 Å². The smallest absolute Gasteiger partial charge is 0.295 e. The summed E-state index contributed by atoms with van der Waals surface area (Å²) >= 11 is 0. The molecule has 0 saturated carbocycles. The first-order valence-corrected chi connectivity index (χ1v) is 11.2. The number of benzene rings is 2. The van der Waals surface area contributed by atoms with Gasteiger partial charge >= 0.3 is 0 Å².